The number of nitrogens with zero attached hydrogens (tertiary/aromatic N) is 1. The number of hydrogen-bond donors (Lipinski definition) is 4. The molecule has 7 N–H and O–H groups in total. The molecule has 6 aliphatic rings. The molecule has 0 radical (unpaired) electrons. The van der Waals surface area contributed by atoms with Crippen molar-refractivity contribution in [1.82, 2.24) is 10.2 Å². The lowest BCUT2D eigenvalue weighted by molar-refractivity contribution is -0.0608. The van der Waals surface area contributed by atoms with E-state index in [2.05, 4.69) is 10.2 Å². The molecule has 4 saturated carbocycles. The maximum absolute atomic E-state index is 7.10. The maximum Gasteiger partial charge on any atom is 0.0617 e. The third-order valence-electron chi connectivity index (χ3n) is 12.5. The van der Waals surface area contributed by atoms with Crippen molar-refractivity contribution in [2.24, 2.45) is 46.8 Å². The van der Waals surface area contributed by atoms with Crippen LogP contribution in [0.5, 0.6) is 0 Å². The minimum atomic E-state index is 0.146. The van der Waals surface area contributed by atoms with Crippen molar-refractivity contribution in [3.05, 3.63) is 0 Å². The normalized spacial score (nSPS) is 43.9. The van der Waals surface area contributed by atoms with Gasteiger partial charge in [0.15, 0.2) is 0 Å². The fourth-order valence-electron chi connectivity index (χ4n) is 10.2. The molecule has 6 rings (SSSR count). The fourth-order valence-corrected chi connectivity index (χ4v) is 10.2. The summed E-state index contributed by atoms with van der Waals surface area (Å²) in [5, 5.41) is 4.38. The molecule has 2 aliphatic heterocycles. The summed E-state index contributed by atoms with van der Waals surface area (Å²) in [6.07, 6.45) is 27.3. The molecular weight excluding hydrogens is 442 g/mol. The van der Waals surface area contributed by atoms with Gasteiger partial charge < -0.3 is 22.5 Å². The zero-order valence-corrected chi connectivity index (χ0v) is 23.1. The molecule has 0 bridgehead atoms. The predicted octanol–water partition coefficient (Wildman–Crippen LogP) is 5.22. The number of fused-ring (bicyclic) bond motifs is 1. The van der Waals surface area contributed by atoms with Crippen LogP contribution in [0.15, 0.2) is 0 Å². The number of hydrogen-bond acceptors (Lipinski definition) is 5. The monoisotopic (exact) mass is 499 g/mol. The molecule has 4 aliphatic carbocycles. The van der Waals surface area contributed by atoms with Crippen LogP contribution in [0.4, 0.5) is 0 Å². The van der Waals surface area contributed by atoms with Crippen LogP contribution in [0.1, 0.15) is 128 Å². The second kappa shape index (κ2) is 11.1. The van der Waals surface area contributed by atoms with Gasteiger partial charge in [-0.05, 0) is 107 Å². The molecule has 6 fully saturated rings. The van der Waals surface area contributed by atoms with Crippen LogP contribution in [-0.4, -0.2) is 40.9 Å². The molecule has 6 atom stereocenters. The lowest BCUT2D eigenvalue weighted by Gasteiger charge is -2.58. The summed E-state index contributed by atoms with van der Waals surface area (Å²) in [6, 6.07) is 1.81. The Hall–Kier alpha value is -0.200. The Labute approximate surface area is 221 Å². The van der Waals surface area contributed by atoms with Crippen molar-refractivity contribution in [2.75, 3.05) is 0 Å². The van der Waals surface area contributed by atoms with Gasteiger partial charge in [0.1, 0.15) is 0 Å². The number of rotatable bonds is 5. The quantitative estimate of drug-likeness (QED) is 0.416. The predicted molar refractivity (Wildman–Crippen MR) is 149 cm³/mol. The van der Waals surface area contributed by atoms with Crippen LogP contribution in [-0.2, 0) is 0 Å². The van der Waals surface area contributed by atoms with Gasteiger partial charge in [0.25, 0.3) is 0 Å². The van der Waals surface area contributed by atoms with Crippen molar-refractivity contribution in [3.63, 3.8) is 0 Å². The van der Waals surface area contributed by atoms with Crippen LogP contribution in [0.25, 0.3) is 0 Å². The number of nitrogens with one attached hydrogen (secondary N) is 1. The Kier molecular flexibility index (Phi) is 8.04. The van der Waals surface area contributed by atoms with Crippen molar-refractivity contribution < 1.29 is 0 Å². The van der Waals surface area contributed by atoms with E-state index in [4.69, 9.17) is 17.2 Å². The number of piperidine rings is 2. The first kappa shape index (κ1) is 26.0. The second-order valence-corrected chi connectivity index (χ2v) is 14.3. The van der Waals surface area contributed by atoms with Crippen LogP contribution in [0.3, 0.4) is 0 Å². The fraction of sp³-hybridized carbons (Fsp3) is 1.00. The van der Waals surface area contributed by atoms with Crippen LogP contribution in [0.2, 0.25) is 0 Å². The Morgan fingerprint density at radius 1 is 0.722 bits per heavy atom. The van der Waals surface area contributed by atoms with Gasteiger partial charge in [-0.25, -0.2) is 0 Å². The van der Waals surface area contributed by atoms with Gasteiger partial charge in [0, 0.05) is 23.7 Å². The first-order valence-corrected chi connectivity index (χ1v) is 16.4. The molecule has 0 aromatic heterocycles. The van der Waals surface area contributed by atoms with Crippen molar-refractivity contribution in [1.29, 1.82) is 0 Å². The molecule has 5 nitrogen and oxygen atoms in total. The average Bonchev–Trinajstić information content (AvgIpc) is 2.92. The Balaban J connectivity index is 1.19. The number of likely N-dealkylation sites (tertiary alicyclic amines) is 1. The third kappa shape index (κ3) is 5.06. The summed E-state index contributed by atoms with van der Waals surface area (Å²) in [6.45, 7) is 0. The van der Waals surface area contributed by atoms with Crippen molar-refractivity contribution in [2.45, 2.75) is 164 Å². The highest BCUT2D eigenvalue weighted by molar-refractivity contribution is 5.07. The minimum Gasteiger partial charge on any atom is -0.325 e. The summed E-state index contributed by atoms with van der Waals surface area (Å²) in [4.78, 5) is 2.65. The second-order valence-electron chi connectivity index (χ2n) is 14.3. The van der Waals surface area contributed by atoms with E-state index < -0.39 is 0 Å². The van der Waals surface area contributed by atoms with E-state index >= 15 is 0 Å². The first-order valence-electron chi connectivity index (χ1n) is 16.4. The Morgan fingerprint density at radius 2 is 1.39 bits per heavy atom. The molecule has 2 saturated heterocycles. The minimum absolute atomic E-state index is 0.146. The summed E-state index contributed by atoms with van der Waals surface area (Å²) in [5.41, 5.74) is 21.0. The van der Waals surface area contributed by atoms with Crippen LogP contribution >= 0.6 is 0 Å². The van der Waals surface area contributed by atoms with Gasteiger partial charge in [0.2, 0.25) is 0 Å². The van der Waals surface area contributed by atoms with Gasteiger partial charge in [-0.15, -0.1) is 0 Å². The standard InChI is InChI=1S/C31H57N5/c32-28-17-16-26-27(36(28)30(33)23-10-5-2-6-11-23)20-25(21-8-3-1-4-9-21)29(35-26)22-12-14-24(15-13-22)31(34)18-7-19-31/h21-30,35H,1-20,32-34H2. The Morgan fingerprint density at radius 3 is 2.03 bits per heavy atom. The maximum atomic E-state index is 7.10. The number of nitrogens with two attached hydrogens (primary N) is 3. The molecule has 2 heterocycles. The topological polar surface area (TPSA) is 93.3 Å². The molecule has 36 heavy (non-hydrogen) atoms. The average molecular weight is 500 g/mol. The molecule has 206 valence electrons. The van der Waals surface area contributed by atoms with Crippen LogP contribution < -0.4 is 22.5 Å². The van der Waals surface area contributed by atoms with Gasteiger partial charge >= 0.3 is 0 Å². The van der Waals surface area contributed by atoms with E-state index in [1.807, 2.05) is 0 Å². The molecule has 0 aromatic rings. The zero-order valence-electron chi connectivity index (χ0n) is 23.1. The summed E-state index contributed by atoms with van der Waals surface area (Å²) < 4.78 is 0. The SMILES string of the molecule is NC1CCC2NC(C3CCC(C4(N)CCC4)CC3)C(C3CCCCC3)CC2N1C(N)C1CCCCC1. The van der Waals surface area contributed by atoms with E-state index in [1.54, 1.807) is 0 Å². The molecule has 0 spiro atoms. The molecule has 0 amide bonds. The lowest BCUT2D eigenvalue weighted by atomic mass is 9.60. The molecular formula is C31H57N5. The third-order valence-corrected chi connectivity index (χ3v) is 12.5. The van der Waals surface area contributed by atoms with E-state index in [9.17, 15) is 0 Å². The summed E-state index contributed by atoms with van der Waals surface area (Å²) >= 11 is 0. The van der Waals surface area contributed by atoms with E-state index in [0.717, 1.165) is 30.1 Å². The van der Waals surface area contributed by atoms with Gasteiger partial charge in [-0.1, -0.05) is 51.4 Å². The lowest BCUT2D eigenvalue weighted by Crippen LogP contribution is -2.71. The Bertz CT molecular complexity index is 704. The van der Waals surface area contributed by atoms with Gasteiger partial charge in [0.05, 0.1) is 12.3 Å². The van der Waals surface area contributed by atoms with E-state index in [1.165, 1.54) is 122 Å². The van der Waals surface area contributed by atoms with Gasteiger partial charge in [-0.3, -0.25) is 4.90 Å². The molecule has 5 heteroatoms. The van der Waals surface area contributed by atoms with E-state index in [-0.39, 0.29) is 17.9 Å². The van der Waals surface area contributed by atoms with Crippen LogP contribution in [0, 0.1) is 29.6 Å². The molecule has 6 unspecified atom stereocenters. The van der Waals surface area contributed by atoms with Gasteiger partial charge in [-0.2, -0.15) is 0 Å². The highest BCUT2D eigenvalue weighted by atomic mass is 15.3. The molecule has 0 aromatic carbocycles. The smallest absolute Gasteiger partial charge is 0.0617 e. The largest absolute Gasteiger partial charge is 0.325 e. The highest BCUT2D eigenvalue weighted by Gasteiger charge is 2.50. The van der Waals surface area contributed by atoms with Crippen molar-refractivity contribution in [3.8, 4) is 0 Å². The summed E-state index contributed by atoms with van der Waals surface area (Å²) in [5.74, 6) is 3.96. The zero-order chi connectivity index (χ0) is 24.7. The highest BCUT2D eigenvalue weighted by Crippen LogP contribution is 2.49. The summed E-state index contributed by atoms with van der Waals surface area (Å²) in [7, 11) is 0. The van der Waals surface area contributed by atoms with Crippen molar-refractivity contribution >= 4 is 0 Å². The van der Waals surface area contributed by atoms with E-state index in [0.29, 0.717) is 24.0 Å². The first-order chi connectivity index (χ1) is 17.5.